The Bertz CT molecular complexity index is 138. The van der Waals surface area contributed by atoms with E-state index in [1.807, 2.05) is 0 Å². The number of fused-ring (bicyclic) bond motifs is 1. The van der Waals surface area contributed by atoms with Gasteiger partial charge in [-0.2, -0.15) is 0 Å². The Morgan fingerprint density at radius 1 is 1.27 bits per heavy atom. The standard InChI is InChI=1S/C8H15N2O/c11-10-6-2-4-7-3-1-5-9-8(7)10/h7-9H,1-6H2/q-1. The molecule has 64 valence electrons. The van der Waals surface area contributed by atoms with Crippen molar-refractivity contribution in [3.05, 3.63) is 5.21 Å². The molecule has 2 unspecified atom stereocenters. The van der Waals surface area contributed by atoms with E-state index in [2.05, 4.69) is 5.32 Å². The van der Waals surface area contributed by atoms with Gasteiger partial charge in [-0.25, -0.2) is 0 Å². The summed E-state index contributed by atoms with van der Waals surface area (Å²) >= 11 is 0. The molecule has 0 aromatic heterocycles. The summed E-state index contributed by atoms with van der Waals surface area (Å²) < 4.78 is 0. The van der Waals surface area contributed by atoms with Gasteiger partial charge in [0.15, 0.2) is 0 Å². The molecule has 0 saturated carbocycles. The molecule has 2 aliphatic rings. The molecular weight excluding hydrogens is 140 g/mol. The predicted molar refractivity (Wildman–Crippen MR) is 43.8 cm³/mol. The van der Waals surface area contributed by atoms with Crippen LogP contribution in [0.1, 0.15) is 25.7 Å². The Balaban J connectivity index is 1.99. The Morgan fingerprint density at radius 2 is 2.09 bits per heavy atom. The molecule has 0 aliphatic carbocycles. The molecule has 3 nitrogen and oxygen atoms in total. The maximum absolute atomic E-state index is 11.3. The van der Waals surface area contributed by atoms with Gasteiger partial charge in [0.1, 0.15) is 0 Å². The van der Waals surface area contributed by atoms with Gasteiger partial charge in [0.05, 0.1) is 6.17 Å². The lowest BCUT2D eigenvalue weighted by Crippen LogP contribution is -2.53. The smallest absolute Gasteiger partial charge is 0.0511 e. The topological polar surface area (TPSA) is 38.3 Å². The molecule has 0 radical (unpaired) electrons. The van der Waals surface area contributed by atoms with Gasteiger partial charge in [-0.05, 0) is 44.7 Å². The summed E-state index contributed by atoms with van der Waals surface area (Å²) in [7, 11) is 0. The van der Waals surface area contributed by atoms with Crippen molar-refractivity contribution in [2.45, 2.75) is 31.8 Å². The third-order valence-electron chi connectivity index (χ3n) is 2.82. The van der Waals surface area contributed by atoms with E-state index in [0.29, 0.717) is 5.92 Å². The fourth-order valence-electron chi connectivity index (χ4n) is 2.23. The van der Waals surface area contributed by atoms with Crippen molar-refractivity contribution >= 4 is 0 Å². The minimum absolute atomic E-state index is 0.150. The second kappa shape index (κ2) is 3.09. The third-order valence-corrected chi connectivity index (χ3v) is 2.82. The Kier molecular flexibility index (Phi) is 2.11. The van der Waals surface area contributed by atoms with E-state index >= 15 is 0 Å². The van der Waals surface area contributed by atoms with Crippen molar-refractivity contribution in [3.63, 3.8) is 0 Å². The van der Waals surface area contributed by atoms with Crippen LogP contribution in [0.4, 0.5) is 0 Å². The monoisotopic (exact) mass is 155 g/mol. The molecule has 2 heterocycles. The van der Waals surface area contributed by atoms with Gasteiger partial charge in [-0.15, -0.1) is 0 Å². The van der Waals surface area contributed by atoms with Gasteiger partial charge in [0.2, 0.25) is 0 Å². The van der Waals surface area contributed by atoms with Crippen molar-refractivity contribution < 1.29 is 0 Å². The number of hydroxylamine groups is 2. The van der Waals surface area contributed by atoms with Gasteiger partial charge >= 0.3 is 0 Å². The largest absolute Gasteiger partial charge is 0.784 e. The highest BCUT2D eigenvalue weighted by atomic mass is 16.5. The normalized spacial score (nSPS) is 40.1. The van der Waals surface area contributed by atoms with E-state index < -0.39 is 0 Å². The highest BCUT2D eigenvalue weighted by Crippen LogP contribution is 2.27. The number of rotatable bonds is 0. The Labute approximate surface area is 67.3 Å². The number of piperidine rings is 2. The summed E-state index contributed by atoms with van der Waals surface area (Å²) in [6.07, 6.45) is 4.98. The van der Waals surface area contributed by atoms with Crippen molar-refractivity contribution in [2.24, 2.45) is 5.92 Å². The van der Waals surface area contributed by atoms with Gasteiger partial charge in [0.25, 0.3) is 0 Å². The lowest BCUT2D eigenvalue weighted by atomic mass is 9.88. The minimum Gasteiger partial charge on any atom is -0.784 e. The lowest BCUT2D eigenvalue weighted by molar-refractivity contribution is 0.0845. The van der Waals surface area contributed by atoms with Crippen LogP contribution in [0, 0.1) is 11.1 Å². The summed E-state index contributed by atoms with van der Waals surface area (Å²) in [6, 6.07) is 0. The molecule has 0 spiro atoms. The fraction of sp³-hybridized carbons (Fsp3) is 1.00. The molecule has 3 heteroatoms. The van der Waals surface area contributed by atoms with E-state index in [9.17, 15) is 5.21 Å². The second-order valence-corrected chi connectivity index (χ2v) is 3.58. The molecule has 0 aromatic carbocycles. The summed E-state index contributed by atoms with van der Waals surface area (Å²) in [5, 5.41) is 15.8. The van der Waals surface area contributed by atoms with E-state index in [0.717, 1.165) is 19.5 Å². The quantitative estimate of drug-likeness (QED) is 0.565. The van der Waals surface area contributed by atoms with Crippen molar-refractivity contribution in [1.82, 2.24) is 10.4 Å². The molecule has 11 heavy (non-hydrogen) atoms. The summed E-state index contributed by atoms with van der Waals surface area (Å²) in [6.45, 7) is 1.76. The van der Waals surface area contributed by atoms with Crippen LogP contribution in [-0.2, 0) is 0 Å². The first-order valence-corrected chi connectivity index (χ1v) is 4.55. The first kappa shape index (κ1) is 7.53. The van der Waals surface area contributed by atoms with Crippen LogP contribution in [0.2, 0.25) is 0 Å². The van der Waals surface area contributed by atoms with Crippen molar-refractivity contribution in [2.75, 3.05) is 13.1 Å². The molecule has 2 saturated heterocycles. The average Bonchev–Trinajstić information content (AvgIpc) is 2.06. The second-order valence-electron chi connectivity index (χ2n) is 3.58. The summed E-state index contributed by atoms with van der Waals surface area (Å²) in [5.41, 5.74) is 0. The van der Waals surface area contributed by atoms with Crippen molar-refractivity contribution in [3.8, 4) is 0 Å². The van der Waals surface area contributed by atoms with E-state index in [1.54, 1.807) is 0 Å². The van der Waals surface area contributed by atoms with Crippen LogP contribution in [0.15, 0.2) is 0 Å². The number of nitrogens with zero attached hydrogens (tertiary/aromatic N) is 1. The Hall–Kier alpha value is -0.120. The van der Waals surface area contributed by atoms with Crippen LogP contribution >= 0.6 is 0 Å². The number of hydrogen-bond acceptors (Lipinski definition) is 3. The van der Waals surface area contributed by atoms with E-state index in [-0.39, 0.29) is 6.17 Å². The molecule has 0 amide bonds. The zero-order chi connectivity index (χ0) is 7.68. The number of nitrogens with one attached hydrogen (secondary N) is 1. The number of hydrogen-bond donors (Lipinski definition) is 1. The summed E-state index contributed by atoms with van der Waals surface area (Å²) in [4.78, 5) is 0. The molecule has 2 fully saturated rings. The third kappa shape index (κ3) is 1.41. The predicted octanol–water partition coefficient (Wildman–Crippen LogP) is 0.906. The van der Waals surface area contributed by atoms with Crippen LogP contribution in [0.5, 0.6) is 0 Å². The van der Waals surface area contributed by atoms with E-state index in [4.69, 9.17) is 0 Å². The summed E-state index contributed by atoms with van der Waals surface area (Å²) in [5.74, 6) is 0.634. The molecule has 2 atom stereocenters. The molecular formula is C8H15N2O-. The molecule has 0 bridgehead atoms. The van der Waals surface area contributed by atoms with Gasteiger partial charge in [-0.3, -0.25) is 0 Å². The van der Waals surface area contributed by atoms with Crippen LogP contribution in [-0.4, -0.2) is 24.3 Å². The van der Waals surface area contributed by atoms with E-state index in [1.165, 1.54) is 24.3 Å². The average molecular weight is 155 g/mol. The molecule has 0 aromatic rings. The highest BCUT2D eigenvalue weighted by Gasteiger charge is 2.28. The fourth-order valence-corrected chi connectivity index (χ4v) is 2.23. The van der Waals surface area contributed by atoms with Crippen LogP contribution < -0.4 is 5.32 Å². The zero-order valence-electron chi connectivity index (χ0n) is 6.75. The van der Waals surface area contributed by atoms with Crippen molar-refractivity contribution in [1.29, 1.82) is 0 Å². The van der Waals surface area contributed by atoms with Crippen LogP contribution in [0.25, 0.3) is 0 Å². The van der Waals surface area contributed by atoms with Gasteiger partial charge in [0, 0.05) is 0 Å². The first-order valence-electron chi connectivity index (χ1n) is 4.55. The minimum atomic E-state index is 0.150. The zero-order valence-corrected chi connectivity index (χ0v) is 6.75. The molecule has 2 aliphatic heterocycles. The van der Waals surface area contributed by atoms with Gasteiger partial charge in [-0.1, -0.05) is 0 Å². The Morgan fingerprint density at radius 3 is 2.91 bits per heavy atom. The SMILES string of the molecule is [O-]N1CCCC2CCCNC21. The highest BCUT2D eigenvalue weighted by molar-refractivity contribution is 4.85. The van der Waals surface area contributed by atoms with Gasteiger partial charge < -0.3 is 15.6 Å². The maximum atomic E-state index is 11.3. The molecule has 1 N–H and O–H groups in total. The maximum Gasteiger partial charge on any atom is 0.0511 e. The van der Waals surface area contributed by atoms with Crippen LogP contribution in [0.3, 0.4) is 0 Å². The first-order chi connectivity index (χ1) is 5.38. The molecule has 2 rings (SSSR count). The lowest BCUT2D eigenvalue weighted by Gasteiger charge is -2.48.